The fourth-order valence-corrected chi connectivity index (χ4v) is 2.87. The van der Waals surface area contributed by atoms with Crippen LogP contribution in [-0.4, -0.2) is 41.7 Å². The van der Waals surface area contributed by atoms with E-state index in [9.17, 15) is 4.79 Å². The van der Waals surface area contributed by atoms with Crippen molar-refractivity contribution >= 4 is 29.0 Å². The molecule has 0 saturated carbocycles. The van der Waals surface area contributed by atoms with E-state index >= 15 is 0 Å². The summed E-state index contributed by atoms with van der Waals surface area (Å²) in [5, 5.41) is 2.91. The molecule has 1 aromatic rings. The largest absolute Gasteiger partial charge is 0.348 e. The third-order valence-electron chi connectivity index (χ3n) is 2.03. The van der Waals surface area contributed by atoms with Crippen molar-refractivity contribution in [2.24, 2.45) is 5.73 Å². The molecule has 1 heterocycles. The quantitative estimate of drug-likeness (QED) is 0.850. The van der Waals surface area contributed by atoms with Crippen LogP contribution >= 0.6 is 23.1 Å². The van der Waals surface area contributed by atoms with Gasteiger partial charge in [-0.05, 0) is 6.92 Å². The van der Waals surface area contributed by atoms with Gasteiger partial charge in [0, 0.05) is 37.0 Å². The monoisotopic (exact) mass is 273 g/mol. The van der Waals surface area contributed by atoms with Gasteiger partial charge in [-0.25, -0.2) is 4.98 Å². The molecule has 0 aromatic carbocycles. The molecule has 1 unspecified atom stereocenters. The second-order valence-electron chi connectivity index (χ2n) is 4.19. The highest BCUT2D eigenvalue weighted by Gasteiger charge is 2.09. The molecule has 1 rings (SSSR count). The van der Waals surface area contributed by atoms with Crippen molar-refractivity contribution in [3.8, 4) is 0 Å². The average Bonchev–Trinajstić information content (AvgIpc) is 2.65. The minimum absolute atomic E-state index is 0.0918. The lowest BCUT2D eigenvalue weighted by atomic mass is 10.4. The molecule has 2 N–H and O–H groups in total. The van der Waals surface area contributed by atoms with Crippen LogP contribution in [0.4, 0.5) is 0 Å². The van der Waals surface area contributed by atoms with E-state index in [1.807, 2.05) is 12.3 Å². The molecule has 17 heavy (non-hydrogen) atoms. The number of likely N-dealkylation sites (N-methyl/N-ethyl adjacent to an activating group) is 1. The van der Waals surface area contributed by atoms with Gasteiger partial charge in [0.1, 0.15) is 5.01 Å². The van der Waals surface area contributed by atoms with Crippen molar-refractivity contribution in [1.29, 1.82) is 0 Å². The van der Waals surface area contributed by atoms with Crippen LogP contribution in [0.2, 0.25) is 0 Å². The number of nitrogens with zero attached hydrogens (tertiary/aromatic N) is 2. The number of nitrogens with two attached hydrogens (primary N) is 1. The molecule has 0 radical (unpaired) electrons. The number of aromatic nitrogens is 1. The van der Waals surface area contributed by atoms with Crippen LogP contribution in [0.25, 0.3) is 0 Å². The minimum Gasteiger partial charge on any atom is -0.348 e. The summed E-state index contributed by atoms with van der Waals surface area (Å²) in [7, 11) is 3.52. The molecule has 1 aromatic heterocycles. The fraction of sp³-hybridized carbons (Fsp3) is 0.636. The first kappa shape index (κ1) is 14.5. The summed E-state index contributed by atoms with van der Waals surface area (Å²) in [6.07, 6.45) is 0.398. The van der Waals surface area contributed by atoms with Crippen LogP contribution in [0.5, 0.6) is 0 Å². The van der Waals surface area contributed by atoms with Gasteiger partial charge in [0.2, 0.25) is 5.91 Å². The van der Waals surface area contributed by atoms with E-state index in [0.717, 1.165) is 22.2 Å². The third-order valence-corrected chi connectivity index (χ3v) is 4.19. The average molecular weight is 273 g/mol. The summed E-state index contributed by atoms with van der Waals surface area (Å²) in [5.74, 6) is 1.90. The van der Waals surface area contributed by atoms with Crippen molar-refractivity contribution in [1.82, 2.24) is 9.88 Å². The van der Waals surface area contributed by atoms with Gasteiger partial charge in [0.15, 0.2) is 0 Å². The van der Waals surface area contributed by atoms with Crippen LogP contribution in [-0.2, 0) is 17.0 Å². The Balaban J connectivity index is 2.40. The Morgan fingerprint density at radius 1 is 1.65 bits per heavy atom. The molecule has 4 nitrogen and oxygen atoms in total. The van der Waals surface area contributed by atoms with Crippen LogP contribution in [0.15, 0.2) is 5.38 Å². The molecule has 1 amide bonds. The van der Waals surface area contributed by atoms with Crippen molar-refractivity contribution in [2.45, 2.75) is 25.1 Å². The fourth-order valence-electron chi connectivity index (χ4n) is 1.13. The highest BCUT2D eigenvalue weighted by molar-refractivity contribution is 7.98. The maximum absolute atomic E-state index is 11.5. The van der Waals surface area contributed by atoms with Gasteiger partial charge >= 0.3 is 0 Å². The number of thiazole rings is 1. The summed E-state index contributed by atoms with van der Waals surface area (Å²) in [5.41, 5.74) is 6.72. The third kappa shape index (κ3) is 5.52. The molecule has 6 heteroatoms. The smallest absolute Gasteiger partial charge is 0.228 e. The van der Waals surface area contributed by atoms with Crippen molar-refractivity contribution in [3.05, 3.63) is 16.1 Å². The van der Waals surface area contributed by atoms with Crippen molar-refractivity contribution < 1.29 is 4.79 Å². The number of hydrogen-bond donors (Lipinski definition) is 1. The molecule has 0 fully saturated rings. The minimum atomic E-state index is 0.0918. The number of thioether (sulfide) groups is 1. The van der Waals surface area contributed by atoms with Gasteiger partial charge in [-0.1, -0.05) is 0 Å². The van der Waals surface area contributed by atoms with E-state index in [2.05, 4.69) is 4.98 Å². The summed E-state index contributed by atoms with van der Waals surface area (Å²) >= 11 is 3.33. The Kier molecular flexibility index (Phi) is 5.94. The summed E-state index contributed by atoms with van der Waals surface area (Å²) in [6.45, 7) is 2.00. The molecule has 96 valence electrons. The maximum atomic E-state index is 11.5. The van der Waals surface area contributed by atoms with Crippen molar-refractivity contribution in [3.63, 3.8) is 0 Å². The highest BCUT2D eigenvalue weighted by atomic mass is 32.2. The van der Waals surface area contributed by atoms with E-state index in [0.29, 0.717) is 6.42 Å². The second kappa shape index (κ2) is 6.98. The maximum Gasteiger partial charge on any atom is 0.228 e. The Hall–Kier alpha value is -0.590. The lowest BCUT2D eigenvalue weighted by Gasteiger charge is -2.07. The molecule has 0 saturated heterocycles. The number of hydrogen-bond acceptors (Lipinski definition) is 5. The summed E-state index contributed by atoms with van der Waals surface area (Å²) in [6, 6.07) is 0.216. The first-order chi connectivity index (χ1) is 7.99. The lowest BCUT2D eigenvalue weighted by Crippen LogP contribution is -2.23. The van der Waals surface area contributed by atoms with Crippen LogP contribution in [0, 0.1) is 0 Å². The molecule has 1 atom stereocenters. The number of rotatable bonds is 6. The molecular weight excluding hydrogens is 254 g/mol. The SMILES string of the molecule is CC(N)CSCc1csc(CC(=O)N(C)C)n1. The van der Waals surface area contributed by atoms with Gasteiger partial charge in [-0.3, -0.25) is 4.79 Å². The molecular formula is C11H19N3OS2. The predicted octanol–water partition coefficient (Wildman–Crippen LogP) is 1.35. The Labute approximate surface area is 111 Å². The Morgan fingerprint density at radius 3 is 2.94 bits per heavy atom. The second-order valence-corrected chi connectivity index (χ2v) is 6.16. The molecule has 0 bridgehead atoms. The lowest BCUT2D eigenvalue weighted by molar-refractivity contribution is -0.127. The topological polar surface area (TPSA) is 59.2 Å². The zero-order valence-electron chi connectivity index (χ0n) is 10.5. The molecule has 0 aliphatic rings. The number of amides is 1. The number of carbonyl (C=O) groups is 1. The van der Waals surface area contributed by atoms with Crippen LogP contribution < -0.4 is 5.73 Å². The standard InChI is InChI=1S/C11H19N3OS2/c1-8(12)5-16-6-9-7-17-10(13-9)4-11(15)14(2)3/h7-8H,4-6,12H2,1-3H3. The van der Waals surface area contributed by atoms with Gasteiger partial charge in [-0.2, -0.15) is 11.8 Å². The van der Waals surface area contributed by atoms with Gasteiger partial charge < -0.3 is 10.6 Å². The van der Waals surface area contributed by atoms with Crippen LogP contribution in [0.3, 0.4) is 0 Å². The normalized spacial score (nSPS) is 12.5. The first-order valence-electron chi connectivity index (χ1n) is 5.45. The van der Waals surface area contributed by atoms with Gasteiger partial charge in [-0.15, -0.1) is 11.3 Å². The zero-order chi connectivity index (χ0) is 12.8. The van der Waals surface area contributed by atoms with E-state index < -0.39 is 0 Å². The van der Waals surface area contributed by atoms with E-state index in [-0.39, 0.29) is 11.9 Å². The molecule has 0 spiro atoms. The van der Waals surface area contributed by atoms with Crippen molar-refractivity contribution in [2.75, 3.05) is 19.8 Å². The summed E-state index contributed by atoms with van der Waals surface area (Å²) in [4.78, 5) is 17.5. The van der Waals surface area contributed by atoms with E-state index in [1.165, 1.54) is 0 Å². The van der Waals surface area contributed by atoms with Gasteiger partial charge in [0.25, 0.3) is 0 Å². The van der Waals surface area contributed by atoms with E-state index in [4.69, 9.17) is 5.73 Å². The van der Waals surface area contributed by atoms with Gasteiger partial charge in [0.05, 0.1) is 12.1 Å². The predicted molar refractivity (Wildman–Crippen MR) is 74.3 cm³/mol. The molecule has 0 aliphatic heterocycles. The van der Waals surface area contributed by atoms with E-state index in [1.54, 1.807) is 42.1 Å². The Morgan fingerprint density at radius 2 is 2.35 bits per heavy atom. The molecule has 0 aliphatic carbocycles. The highest BCUT2D eigenvalue weighted by Crippen LogP contribution is 2.16. The van der Waals surface area contributed by atoms with Crippen LogP contribution in [0.1, 0.15) is 17.6 Å². The zero-order valence-corrected chi connectivity index (χ0v) is 12.1. The number of carbonyl (C=O) groups excluding carboxylic acids is 1. The first-order valence-corrected chi connectivity index (χ1v) is 7.49. The Bertz CT molecular complexity index is 363. The summed E-state index contributed by atoms with van der Waals surface area (Å²) < 4.78 is 0.